The summed E-state index contributed by atoms with van der Waals surface area (Å²) in [5, 5.41) is 23.3. The highest BCUT2D eigenvalue weighted by atomic mass is 16.5. The zero-order chi connectivity index (χ0) is 23.8. The fraction of sp³-hybridized carbons (Fsp3) is 0.400. The predicted octanol–water partition coefficient (Wildman–Crippen LogP) is 2.89. The van der Waals surface area contributed by atoms with Crippen LogP contribution < -0.4 is 10.6 Å². The van der Waals surface area contributed by atoms with Gasteiger partial charge in [0.05, 0.1) is 5.92 Å². The minimum atomic E-state index is -1.21. The first kappa shape index (κ1) is 24.3. The van der Waals surface area contributed by atoms with E-state index in [-0.39, 0.29) is 32.1 Å². The molecule has 0 bridgehead atoms. The van der Waals surface area contributed by atoms with Gasteiger partial charge < -0.3 is 25.6 Å². The van der Waals surface area contributed by atoms with Crippen molar-refractivity contribution in [3.05, 3.63) is 59.7 Å². The van der Waals surface area contributed by atoms with Gasteiger partial charge in [-0.3, -0.25) is 4.79 Å². The average Bonchev–Trinajstić information content (AvgIpc) is 3.13. The largest absolute Gasteiger partial charge is 0.480 e. The molecular formula is C25H30N2O6. The number of carbonyl (C=O) groups is 3. The number of fused-ring (bicyclic) bond motifs is 3. The number of aliphatic carboxylic acids is 1. The number of nitrogens with one attached hydrogen (secondary N) is 2. The van der Waals surface area contributed by atoms with Crippen molar-refractivity contribution < 1.29 is 29.3 Å². The van der Waals surface area contributed by atoms with Crippen molar-refractivity contribution in [2.24, 2.45) is 5.92 Å². The molecule has 1 aliphatic carbocycles. The van der Waals surface area contributed by atoms with E-state index in [1.54, 1.807) is 0 Å². The molecule has 8 nitrogen and oxygen atoms in total. The Morgan fingerprint density at radius 3 is 2.15 bits per heavy atom. The van der Waals surface area contributed by atoms with Gasteiger partial charge in [-0.05, 0) is 28.7 Å². The minimum absolute atomic E-state index is 0.0296. The summed E-state index contributed by atoms with van der Waals surface area (Å²) < 4.78 is 5.50. The van der Waals surface area contributed by atoms with E-state index < -0.39 is 29.9 Å². The summed E-state index contributed by atoms with van der Waals surface area (Å²) in [6.07, 6.45) is 0.444. The Bertz CT molecular complexity index is 947. The average molecular weight is 455 g/mol. The number of aliphatic hydroxyl groups is 1. The standard InChI is InChI=1S/C25H30N2O6/c1-2-7-16(23(29)27-22(12-13-28)24(30)31)14-26-25(32)33-15-21-19-10-5-3-8-17(19)18-9-4-6-11-20(18)21/h3-6,8-11,16,21-22,28H,2,7,12-15H2,1H3,(H,26,32)(H,27,29)(H,30,31)/t16?,22-/m1/s1. The number of alkyl carbamates (subject to hydrolysis) is 1. The van der Waals surface area contributed by atoms with E-state index in [4.69, 9.17) is 9.84 Å². The number of carboxylic acid groups (broad SMARTS) is 1. The Hall–Kier alpha value is -3.39. The normalized spacial score (nSPS) is 14.0. The van der Waals surface area contributed by atoms with Crippen molar-refractivity contribution in [1.29, 1.82) is 0 Å². The van der Waals surface area contributed by atoms with Crippen LogP contribution in [0.5, 0.6) is 0 Å². The third-order valence-electron chi connectivity index (χ3n) is 5.88. The van der Waals surface area contributed by atoms with Crippen LogP contribution in [-0.2, 0) is 14.3 Å². The molecule has 0 fully saturated rings. The van der Waals surface area contributed by atoms with Crippen LogP contribution in [0.15, 0.2) is 48.5 Å². The highest BCUT2D eigenvalue weighted by molar-refractivity contribution is 5.85. The summed E-state index contributed by atoms with van der Waals surface area (Å²) in [6, 6.07) is 14.9. The number of hydrogen-bond acceptors (Lipinski definition) is 5. The van der Waals surface area contributed by atoms with Crippen molar-refractivity contribution in [3.8, 4) is 11.1 Å². The molecule has 0 saturated carbocycles. The number of carbonyl (C=O) groups excluding carboxylic acids is 2. The van der Waals surface area contributed by atoms with Gasteiger partial charge in [-0.1, -0.05) is 61.9 Å². The van der Waals surface area contributed by atoms with Crippen LogP contribution in [0.1, 0.15) is 43.2 Å². The predicted molar refractivity (Wildman–Crippen MR) is 123 cm³/mol. The van der Waals surface area contributed by atoms with Gasteiger partial charge in [-0.25, -0.2) is 9.59 Å². The number of rotatable bonds is 11. The summed E-state index contributed by atoms with van der Waals surface area (Å²) in [7, 11) is 0. The maximum atomic E-state index is 12.5. The SMILES string of the molecule is CCCC(CNC(=O)OCC1c2ccccc2-c2ccccc21)C(=O)N[C@H](CCO)C(=O)O. The molecule has 0 aliphatic heterocycles. The topological polar surface area (TPSA) is 125 Å². The van der Waals surface area contributed by atoms with Crippen LogP contribution in [0.2, 0.25) is 0 Å². The van der Waals surface area contributed by atoms with Gasteiger partial charge in [0.2, 0.25) is 5.91 Å². The second-order valence-electron chi connectivity index (χ2n) is 8.10. The third-order valence-corrected chi connectivity index (χ3v) is 5.88. The minimum Gasteiger partial charge on any atom is -0.480 e. The quantitative estimate of drug-likeness (QED) is 0.414. The molecule has 4 N–H and O–H groups in total. The van der Waals surface area contributed by atoms with Crippen molar-refractivity contribution >= 4 is 18.0 Å². The maximum Gasteiger partial charge on any atom is 0.407 e. The number of carboxylic acids is 1. The molecule has 33 heavy (non-hydrogen) atoms. The summed E-state index contributed by atoms with van der Waals surface area (Å²) in [4.78, 5) is 36.2. The molecule has 3 rings (SSSR count). The zero-order valence-corrected chi connectivity index (χ0v) is 18.6. The van der Waals surface area contributed by atoms with Crippen LogP contribution >= 0.6 is 0 Å². The first-order chi connectivity index (χ1) is 16.0. The van der Waals surface area contributed by atoms with Gasteiger partial charge >= 0.3 is 12.1 Å². The van der Waals surface area contributed by atoms with E-state index in [1.165, 1.54) is 0 Å². The Morgan fingerprint density at radius 1 is 1.00 bits per heavy atom. The smallest absolute Gasteiger partial charge is 0.407 e. The lowest BCUT2D eigenvalue weighted by Gasteiger charge is -2.20. The first-order valence-electron chi connectivity index (χ1n) is 11.2. The monoisotopic (exact) mass is 454 g/mol. The van der Waals surface area contributed by atoms with E-state index in [0.717, 1.165) is 22.3 Å². The molecule has 2 aromatic carbocycles. The number of benzene rings is 2. The van der Waals surface area contributed by atoms with E-state index in [9.17, 15) is 19.5 Å². The van der Waals surface area contributed by atoms with Gasteiger partial charge in [0, 0.05) is 25.5 Å². The second-order valence-corrected chi connectivity index (χ2v) is 8.10. The fourth-order valence-electron chi connectivity index (χ4n) is 4.21. The lowest BCUT2D eigenvalue weighted by atomic mass is 9.98. The van der Waals surface area contributed by atoms with Gasteiger partial charge in [0.1, 0.15) is 12.6 Å². The zero-order valence-electron chi connectivity index (χ0n) is 18.6. The Labute approximate surface area is 193 Å². The number of amides is 2. The van der Waals surface area contributed by atoms with Gasteiger partial charge in [0.25, 0.3) is 0 Å². The van der Waals surface area contributed by atoms with Crippen LogP contribution in [0.3, 0.4) is 0 Å². The molecule has 0 spiro atoms. The molecule has 0 heterocycles. The Balaban J connectivity index is 1.57. The van der Waals surface area contributed by atoms with Crippen LogP contribution in [0.25, 0.3) is 11.1 Å². The molecule has 2 amide bonds. The van der Waals surface area contributed by atoms with Crippen molar-refractivity contribution in [3.63, 3.8) is 0 Å². The van der Waals surface area contributed by atoms with Gasteiger partial charge in [-0.15, -0.1) is 0 Å². The Kier molecular flexibility index (Phi) is 8.43. The maximum absolute atomic E-state index is 12.5. The summed E-state index contributed by atoms with van der Waals surface area (Å²) in [5.41, 5.74) is 4.49. The molecule has 0 saturated heterocycles. The molecular weight excluding hydrogens is 424 g/mol. The molecule has 2 aromatic rings. The number of hydrogen-bond donors (Lipinski definition) is 4. The van der Waals surface area contributed by atoms with Crippen LogP contribution in [0, 0.1) is 5.92 Å². The van der Waals surface area contributed by atoms with E-state index in [0.29, 0.717) is 12.8 Å². The molecule has 1 unspecified atom stereocenters. The van der Waals surface area contributed by atoms with E-state index >= 15 is 0 Å². The number of ether oxygens (including phenoxy) is 1. The lowest BCUT2D eigenvalue weighted by molar-refractivity contribution is -0.143. The van der Waals surface area contributed by atoms with E-state index in [2.05, 4.69) is 22.8 Å². The molecule has 1 aliphatic rings. The fourth-order valence-corrected chi connectivity index (χ4v) is 4.21. The molecule has 0 radical (unpaired) electrons. The van der Waals surface area contributed by atoms with Crippen molar-refractivity contribution in [2.45, 2.75) is 38.1 Å². The van der Waals surface area contributed by atoms with Gasteiger partial charge in [0.15, 0.2) is 0 Å². The Morgan fingerprint density at radius 2 is 1.61 bits per heavy atom. The summed E-state index contributed by atoms with van der Waals surface area (Å²) in [5.74, 6) is -2.35. The van der Waals surface area contributed by atoms with Crippen LogP contribution in [-0.4, -0.2) is 54.0 Å². The van der Waals surface area contributed by atoms with Crippen LogP contribution in [0.4, 0.5) is 4.79 Å². The highest BCUT2D eigenvalue weighted by Crippen LogP contribution is 2.44. The third kappa shape index (κ3) is 5.90. The van der Waals surface area contributed by atoms with Gasteiger partial charge in [-0.2, -0.15) is 0 Å². The first-order valence-corrected chi connectivity index (χ1v) is 11.2. The summed E-state index contributed by atoms with van der Waals surface area (Å²) >= 11 is 0. The molecule has 2 atom stereocenters. The molecule has 176 valence electrons. The molecule has 0 aromatic heterocycles. The second kappa shape index (κ2) is 11.5. The summed E-state index contributed by atoms with van der Waals surface area (Å²) in [6.45, 7) is 1.74. The van der Waals surface area contributed by atoms with Crippen molar-refractivity contribution in [1.82, 2.24) is 10.6 Å². The van der Waals surface area contributed by atoms with Crippen molar-refractivity contribution in [2.75, 3.05) is 19.8 Å². The number of aliphatic hydroxyl groups excluding tert-OH is 1. The highest BCUT2D eigenvalue weighted by Gasteiger charge is 2.29. The lowest BCUT2D eigenvalue weighted by Crippen LogP contribution is -2.46. The van der Waals surface area contributed by atoms with E-state index in [1.807, 2.05) is 43.3 Å². The molecule has 8 heteroatoms.